The van der Waals surface area contributed by atoms with Gasteiger partial charge in [-0.1, -0.05) is 0 Å². The molecule has 0 spiro atoms. The number of pyridine rings is 1. The molecule has 3 aromatic rings. The van der Waals surface area contributed by atoms with Gasteiger partial charge in [-0.15, -0.1) is 0 Å². The molecule has 2 aromatic heterocycles. The standard InChI is InChI=1S/C20H20N4O4/c1-28-17-9-12(8-16(25)18(17)26)10-24-7-4-14-15(11-24)22-19(23-20(14)27)13-2-5-21-6-3-13/h2-3,5-6,8-9,25-26H,4,7,10-11H2,1H3,(H,22,23,27). The summed E-state index contributed by atoms with van der Waals surface area (Å²) in [6.45, 7) is 1.74. The van der Waals surface area contributed by atoms with E-state index in [4.69, 9.17) is 4.74 Å². The summed E-state index contributed by atoms with van der Waals surface area (Å²) >= 11 is 0. The molecular weight excluding hydrogens is 360 g/mol. The molecule has 3 heterocycles. The largest absolute Gasteiger partial charge is 0.504 e. The number of benzene rings is 1. The third-order valence-electron chi connectivity index (χ3n) is 4.85. The number of hydrogen-bond acceptors (Lipinski definition) is 7. The maximum absolute atomic E-state index is 12.5. The molecule has 28 heavy (non-hydrogen) atoms. The second kappa shape index (κ2) is 7.32. The van der Waals surface area contributed by atoms with E-state index in [0.29, 0.717) is 37.4 Å². The lowest BCUT2D eigenvalue weighted by Crippen LogP contribution is -2.35. The molecule has 4 rings (SSSR count). The van der Waals surface area contributed by atoms with E-state index >= 15 is 0 Å². The van der Waals surface area contributed by atoms with Crippen LogP contribution in [0, 0.1) is 0 Å². The Bertz CT molecular complexity index is 1070. The molecule has 0 radical (unpaired) electrons. The monoisotopic (exact) mass is 380 g/mol. The van der Waals surface area contributed by atoms with Crippen molar-refractivity contribution >= 4 is 0 Å². The van der Waals surface area contributed by atoms with E-state index < -0.39 is 0 Å². The number of phenolic OH excluding ortho intramolecular Hbond substituents is 2. The van der Waals surface area contributed by atoms with Crippen molar-refractivity contribution < 1.29 is 14.9 Å². The van der Waals surface area contributed by atoms with Crippen molar-refractivity contribution in [1.29, 1.82) is 0 Å². The summed E-state index contributed by atoms with van der Waals surface area (Å²) in [6.07, 6.45) is 3.91. The third kappa shape index (κ3) is 3.41. The minimum Gasteiger partial charge on any atom is -0.504 e. The Balaban J connectivity index is 1.60. The van der Waals surface area contributed by atoms with Gasteiger partial charge in [-0.25, -0.2) is 4.98 Å². The van der Waals surface area contributed by atoms with Crippen LogP contribution >= 0.6 is 0 Å². The number of fused-ring (bicyclic) bond motifs is 1. The average molecular weight is 380 g/mol. The highest BCUT2D eigenvalue weighted by Crippen LogP contribution is 2.36. The fraction of sp³-hybridized carbons (Fsp3) is 0.250. The lowest BCUT2D eigenvalue weighted by atomic mass is 10.0. The van der Waals surface area contributed by atoms with Crippen LogP contribution in [0.1, 0.15) is 16.8 Å². The highest BCUT2D eigenvalue weighted by molar-refractivity contribution is 5.54. The van der Waals surface area contributed by atoms with Gasteiger partial charge < -0.3 is 19.9 Å². The highest BCUT2D eigenvalue weighted by Gasteiger charge is 2.22. The summed E-state index contributed by atoms with van der Waals surface area (Å²) in [6, 6.07) is 6.81. The van der Waals surface area contributed by atoms with Crippen molar-refractivity contribution in [3.8, 4) is 28.6 Å². The van der Waals surface area contributed by atoms with Crippen LogP contribution in [0.5, 0.6) is 17.2 Å². The lowest BCUT2D eigenvalue weighted by Gasteiger charge is -2.28. The summed E-state index contributed by atoms with van der Waals surface area (Å²) < 4.78 is 5.10. The first-order chi connectivity index (χ1) is 13.5. The summed E-state index contributed by atoms with van der Waals surface area (Å²) in [5.74, 6) is 0.255. The van der Waals surface area contributed by atoms with Gasteiger partial charge in [0.25, 0.3) is 5.56 Å². The fourth-order valence-corrected chi connectivity index (χ4v) is 3.43. The van der Waals surface area contributed by atoms with Crippen LogP contribution in [0.3, 0.4) is 0 Å². The number of methoxy groups -OCH3 is 1. The Morgan fingerprint density at radius 2 is 2.04 bits per heavy atom. The summed E-state index contributed by atoms with van der Waals surface area (Å²) in [4.78, 5) is 26.1. The Labute approximate surface area is 161 Å². The SMILES string of the molecule is COc1cc(CN2CCc3c(nc(-c4ccncc4)[nH]c3=O)C2)cc(O)c1O. The zero-order chi connectivity index (χ0) is 19.7. The Kier molecular flexibility index (Phi) is 4.70. The Morgan fingerprint density at radius 3 is 2.79 bits per heavy atom. The number of aromatic nitrogens is 3. The van der Waals surface area contributed by atoms with Gasteiger partial charge in [-0.2, -0.15) is 0 Å². The van der Waals surface area contributed by atoms with Crippen molar-refractivity contribution in [2.75, 3.05) is 13.7 Å². The molecule has 0 atom stereocenters. The van der Waals surface area contributed by atoms with E-state index in [2.05, 4.69) is 19.9 Å². The van der Waals surface area contributed by atoms with Crippen LogP contribution < -0.4 is 10.3 Å². The molecule has 1 aliphatic heterocycles. The third-order valence-corrected chi connectivity index (χ3v) is 4.85. The number of aromatic hydroxyl groups is 2. The number of phenols is 2. The first kappa shape index (κ1) is 18.0. The number of aromatic amines is 1. The predicted octanol–water partition coefficient (Wildman–Crippen LogP) is 1.81. The van der Waals surface area contributed by atoms with Gasteiger partial charge in [0, 0.05) is 43.2 Å². The fourth-order valence-electron chi connectivity index (χ4n) is 3.43. The van der Waals surface area contributed by atoms with Gasteiger partial charge in [0.2, 0.25) is 5.75 Å². The van der Waals surface area contributed by atoms with Crippen molar-refractivity contribution in [3.05, 3.63) is 63.8 Å². The first-order valence-electron chi connectivity index (χ1n) is 8.89. The molecule has 8 heteroatoms. The normalized spacial score (nSPS) is 13.9. The maximum Gasteiger partial charge on any atom is 0.254 e. The van der Waals surface area contributed by atoms with Crippen LogP contribution in [0.15, 0.2) is 41.5 Å². The van der Waals surface area contributed by atoms with E-state index in [9.17, 15) is 15.0 Å². The predicted molar refractivity (Wildman–Crippen MR) is 102 cm³/mol. The van der Waals surface area contributed by atoms with Crippen LogP contribution in [0.4, 0.5) is 0 Å². The molecule has 0 aliphatic carbocycles. The molecule has 3 N–H and O–H groups in total. The van der Waals surface area contributed by atoms with Gasteiger partial charge >= 0.3 is 0 Å². The van der Waals surface area contributed by atoms with E-state index in [-0.39, 0.29) is 22.8 Å². The maximum atomic E-state index is 12.5. The van der Waals surface area contributed by atoms with Gasteiger partial charge in [0.05, 0.1) is 12.8 Å². The van der Waals surface area contributed by atoms with Crippen LogP contribution in [-0.4, -0.2) is 43.7 Å². The number of ether oxygens (including phenoxy) is 1. The number of nitrogens with zero attached hydrogens (tertiary/aromatic N) is 3. The van der Waals surface area contributed by atoms with Gasteiger partial charge in [-0.3, -0.25) is 14.7 Å². The zero-order valence-corrected chi connectivity index (χ0v) is 15.3. The molecule has 0 fully saturated rings. The topological polar surface area (TPSA) is 112 Å². The van der Waals surface area contributed by atoms with Crippen LogP contribution in [0.2, 0.25) is 0 Å². The van der Waals surface area contributed by atoms with E-state index in [1.54, 1.807) is 30.6 Å². The van der Waals surface area contributed by atoms with Crippen molar-refractivity contribution in [3.63, 3.8) is 0 Å². The Morgan fingerprint density at radius 1 is 1.25 bits per heavy atom. The van der Waals surface area contributed by atoms with Gasteiger partial charge in [-0.05, 0) is 36.2 Å². The van der Waals surface area contributed by atoms with E-state index in [0.717, 1.165) is 16.8 Å². The lowest BCUT2D eigenvalue weighted by molar-refractivity contribution is 0.239. The number of nitrogens with one attached hydrogen (secondary N) is 1. The molecule has 1 aromatic carbocycles. The molecule has 0 saturated heterocycles. The number of hydrogen-bond donors (Lipinski definition) is 3. The van der Waals surface area contributed by atoms with E-state index in [1.807, 2.05) is 0 Å². The van der Waals surface area contributed by atoms with Gasteiger partial charge in [0.1, 0.15) is 5.82 Å². The highest BCUT2D eigenvalue weighted by atomic mass is 16.5. The van der Waals surface area contributed by atoms with Crippen molar-refractivity contribution in [2.45, 2.75) is 19.5 Å². The Hall–Kier alpha value is -3.39. The first-order valence-corrected chi connectivity index (χ1v) is 8.89. The molecule has 144 valence electrons. The molecule has 0 bridgehead atoms. The molecular formula is C20H20N4O4. The molecule has 0 unspecified atom stereocenters. The van der Waals surface area contributed by atoms with Crippen molar-refractivity contribution in [2.24, 2.45) is 0 Å². The van der Waals surface area contributed by atoms with Crippen molar-refractivity contribution in [1.82, 2.24) is 19.9 Å². The second-order valence-corrected chi connectivity index (χ2v) is 6.70. The minimum atomic E-state index is -0.273. The number of H-pyrrole nitrogens is 1. The number of rotatable bonds is 4. The molecule has 0 saturated carbocycles. The zero-order valence-electron chi connectivity index (χ0n) is 15.3. The minimum absolute atomic E-state index is 0.111. The van der Waals surface area contributed by atoms with E-state index in [1.165, 1.54) is 13.2 Å². The van der Waals surface area contributed by atoms with Crippen LogP contribution in [-0.2, 0) is 19.5 Å². The molecule has 0 amide bonds. The quantitative estimate of drug-likeness (QED) is 0.592. The second-order valence-electron chi connectivity index (χ2n) is 6.70. The summed E-state index contributed by atoms with van der Waals surface area (Å²) in [5.41, 5.74) is 2.95. The van der Waals surface area contributed by atoms with Crippen LogP contribution in [0.25, 0.3) is 11.4 Å². The van der Waals surface area contributed by atoms with Gasteiger partial charge in [0.15, 0.2) is 11.5 Å². The molecule has 1 aliphatic rings. The smallest absolute Gasteiger partial charge is 0.254 e. The summed E-state index contributed by atoms with van der Waals surface area (Å²) in [5, 5.41) is 19.7. The summed E-state index contributed by atoms with van der Waals surface area (Å²) in [7, 11) is 1.44. The average Bonchev–Trinajstić information content (AvgIpc) is 2.71. The molecule has 8 nitrogen and oxygen atoms in total.